The summed E-state index contributed by atoms with van der Waals surface area (Å²) in [5, 5.41) is 15.7. The van der Waals surface area contributed by atoms with Gasteiger partial charge in [-0.3, -0.25) is 14.9 Å². The number of nitro groups is 1. The maximum atomic E-state index is 13.0. The number of rotatable bonds is 9. The minimum absolute atomic E-state index is 0.0886. The summed E-state index contributed by atoms with van der Waals surface area (Å²) in [6.07, 6.45) is 2.42. The Kier molecular flexibility index (Phi) is 7.38. The highest BCUT2D eigenvalue weighted by atomic mass is 32.2. The van der Waals surface area contributed by atoms with Crippen molar-refractivity contribution < 1.29 is 22.9 Å². The number of sulfonamides is 1. The molecule has 1 aromatic heterocycles. The lowest BCUT2D eigenvalue weighted by Crippen LogP contribution is -2.32. The Morgan fingerprint density at radius 3 is 2.55 bits per heavy atom. The van der Waals surface area contributed by atoms with Crippen LogP contribution >= 0.6 is 0 Å². The van der Waals surface area contributed by atoms with Gasteiger partial charge < -0.3 is 9.64 Å². The summed E-state index contributed by atoms with van der Waals surface area (Å²) in [4.78, 5) is 24.9. The molecule has 0 spiro atoms. The molecule has 1 atom stereocenters. The van der Waals surface area contributed by atoms with E-state index in [9.17, 15) is 23.3 Å². The molecule has 12 heteroatoms. The number of hydrogen-bond donors (Lipinski definition) is 1. The van der Waals surface area contributed by atoms with Crippen LogP contribution in [0.2, 0.25) is 0 Å². The van der Waals surface area contributed by atoms with Crippen LogP contribution in [0.4, 0.5) is 5.69 Å². The number of carbonyl (C=O) groups is 1. The average Bonchev–Trinajstić information content (AvgIpc) is 3.42. The van der Waals surface area contributed by atoms with Crippen LogP contribution in [-0.4, -0.2) is 53.1 Å². The predicted molar refractivity (Wildman–Crippen MR) is 121 cm³/mol. The van der Waals surface area contributed by atoms with Gasteiger partial charge in [-0.15, -0.1) is 0 Å². The predicted octanol–water partition coefficient (Wildman–Crippen LogP) is 3.22. The van der Waals surface area contributed by atoms with Crippen LogP contribution in [-0.2, 0) is 16.6 Å². The van der Waals surface area contributed by atoms with Gasteiger partial charge in [-0.25, -0.2) is 17.8 Å². The van der Waals surface area contributed by atoms with Crippen LogP contribution in [0.3, 0.4) is 0 Å². The Morgan fingerprint density at radius 1 is 1.30 bits per heavy atom. The minimum atomic E-state index is -4.12. The third-order valence-electron chi connectivity index (χ3n) is 5.63. The zero-order chi connectivity index (χ0) is 24.3. The highest BCUT2D eigenvalue weighted by molar-refractivity contribution is 7.89. The van der Waals surface area contributed by atoms with Gasteiger partial charge in [-0.1, -0.05) is 6.92 Å². The number of non-ortho nitro benzene ring substituents is 1. The van der Waals surface area contributed by atoms with Gasteiger partial charge in [0.15, 0.2) is 5.69 Å². The van der Waals surface area contributed by atoms with Gasteiger partial charge >= 0.3 is 0 Å². The Labute approximate surface area is 192 Å². The van der Waals surface area contributed by atoms with Crippen molar-refractivity contribution in [3.05, 3.63) is 39.6 Å². The second kappa shape index (κ2) is 9.87. The van der Waals surface area contributed by atoms with Crippen LogP contribution in [0.5, 0.6) is 11.6 Å². The molecule has 11 nitrogen and oxygen atoms in total. The molecular formula is C21H29N5O6S. The third-order valence-corrected chi connectivity index (χ3v) is 7.24. The topological polar surface area (TPSA) is 137 Å². The zero-order valence-corrected chi connectivity index (χ0v) is 20.0. The number of carbonyl (C=O) groups excluding carboxylic acids is 1. The van der Waals surface area contributed by atoms with Gasteiger partial charge in [0.25, 0.3) is 11.6 Å². The molecule has 33 heavy (non-hydrogen) atoms. The number of nitrogens with zero attached hydrogens (tertiary/aromatic N) is 4. The van der Waals surface area contributed by atoms with Gasteiger partial charge in [0.2, 0.25) is 15.9 Å². The molecule has 180 valence electrons. The number of nitrogens with one attached hydrogen (secondary N) is 1. The fraction of sp³-hybridized carbons (Fsp3) is 0.524. The third kappa shape index (κ3) is 5.17. The molecule has 1 aliphatic rings. The van der Waals surface area contributed by atoms with Gasteiger partial charge in [0, 0.05) is 43.4 Å². The van der Waals surface area contributed by atoms with E-state index in [-0.39, 0.29) is 39.9 Å². The van der Waals surface area contributed by atoms with E-state index in [1.54, 1.807) is 18.7 Å². The van der Waals surface area contributed by atoms with Crippen molar-refractivity contribution in [3.63, 3.8) is 0 Å². The number of ether oxygens (including phenoxy) is 1. The molecule has 0 saturated carbocycles. The Hall–Kier alpha value is -2.99. The molecule has 0 radical (unpaired) electrons. The van der Waals surface area contributed by atoms with Gasteiger partial charge in [0.1, 0.15) is 10.6 Å². The Morgan fingerprint density at radius 2 is 1.97 bits per heavy atom. The lowest BCUT2D eigenvalue weighted by atomic mass is 10.2. The maximum Gasteiger partial charge on any atom is 0.274 e. The number of aromatic nitrogens is 2. The second-order valence-corrected chi connectivity index (χ2v) is 9.70. The molecule has 1 aliphatic heterocycles. The summed E-state index contributed by atoms with van der Waals surface area (Å²) < 4.78 is 36.0. The number of amides is 1. The smallest absolute Gasteiger partial charge is 0.274 e. The summed E-state index contributed by atoms with van der Waals surface area (Å²) in [5.74, 6) is -0.0693. The molecule has 2 aromatic rings. The number of hydrogen-bond acceptors (Lipinski definition) is 7. The molecule has 1 N–H and O–H groups in total. The van der Waals surface area contributed by atoms with Gasteiger partial charge in [-0.2, -0.15) is 5.10 Å². The van der Waals surface area contributed by atoms with Crippen molar-refractivity contribution in [1.29, 1.82) is 0 Å². The zero-order valence-electron chi connectivity index (χ0n) is 19.2. The van der Waals surface area contributed by atoms with E-state index in [1.165, 1.54) is 16.8 Å². The molecular weight excluding hydrogens is 450 g/mol. The number of likely N-dealkylation sites (tertiary alicyclic amines) is 1. The standard InChI is InChI=1S/C21H29N5O6S/c1-5-14(3)23-33(30,31)18-13-16(26(28)29)9-10-17(18)32-21-15(4)19(22-25(21)6-2)20(27)24-11-7-8-12-24/h9-10,13-14,23H,5-8,11-12H2,1-4H3. The lowest BCUT2D eigenvalue weighted by Gasteiger charge is -2.16. The molecule has 1 fully saturated rings. The molecule has 1 saturated heterocycles. The van der Waals surface area contributed by atoms with Crippen molar-refractivity contribution in [2.24, 2.45) is 0 Å². The summed E-state index contributed by atoms with van der Waals surface area (Å²) in [6, 6.07) is 3.01. The number of aryl methyl sites for hydroxylation is 1. The van der Waals surface area contributed by atoms with Gasteiger partial charge in [0.05, 0.1) is 4.92 Å². The summed E-state index contributed by atoms with van der Waals surface area (Å²) >= 11 is 0. The molecule has 2 heterocycles. The van der Waals surface area contributed by atoms with Crippen LogP contribution < -0.4 is 9.46 Å². The molecule has 1 aromatic carbocycles. The van der Waals surface area contributed by atoms with E-state index >= 15 is 0 Å². The summed E-state index contributed by atoms with van der Waals surface area (Å²) in [5.41, 5.74) is 0.348. The van der Waals surface area contributed by atoms with E-state index in [2.05, 4.69) is 9.82 Å². The highest BCUT2D eigenvalue weighted by Crippen LogP contribution is 2.35. The summed E-state index contributed by atoms with van der Waals surface area (Å²) in [7, 11) is -4.12. The van der Waals surface area contributed by atoms with Crippen molar-refractivity contribution in [2.45, 2.75) is 64.4 Å². The number of benzene rings is 1. The van der Waals surface area contributed by atoms with Crippen LogP contribution in [0.15, 0.2) is 23.1 Å². The minimum Gasteiger partial charge on any atom is -0.438 e. The SMILES string of the molecule is CCC(C)NS(=O)(=O)c1cc([N+](=O)[O-])ccc1Oc1c(C)c(C(=O)N2CCCC2)nn1CC. The van der Waals surface area contributed by atoms with E-state index in [0.29, 0.717) is 31.6 Å². The van der Waals surface area contributed by atoms with E-state index in [1.807, 2.05) is 13.8 Å². The Bertz CT molecular complexity index is 1150. The normalized spacial score (nSPS) is 15.0. The summed E-state index contributed by atoms with van der Waals surface area (Å²) in [6.45, 7) is 8.74. The van der Waals surface area contributed by atoms with Gasteiger partial charge in [-0.05, 0) is 46.1 Å². The molecule has 0 bridgehead atoms. The quantitative estimate of drug-likeness (QED) is 0.431. The van der Waals surface area contributed by atoms with Crippen molar-refractivity contribution in [3.8, 4) is 11.6 Å². The molecule has 1 unspecified atom stereocenters. The maximum absolute atomic E-state index is 13.0. The van der Waals surface area contributed by atoms with Crippen LogP contribution in [0.1, 0.15) is 56.1 Å². The molecule has 0 aliphatic carbocycles. The first-order valence-corrected chi connectivity index (χ1v) is 12.4. The fourth-order valence-corrected chi connectivity index (χ4v) is 5.05. The van der Waals surface area contributed by atoms with Crippen molar-refractivity contribution in [2.75, 3.05) is 13.1 Å². The van der Waals surface area contributed by atoms with Crippen LogP contribution in [0, 0.1) is 17.0 Å². The molecule has 1 amide bonds. The monoisotopic (exact) mass is 479 g/mol. The average molecular weight is 480 g/mol. The fourth-order valence-electron chi connectivity index (χ4n) is 3.57. The number of nitro benzene ring substituents is 1. The lowest BCUT2D eigenvalue weighted by molar-refractivity contribution is -0.385. The second-order valence-electron chi connectivity index (χ2n) is 8.01. The van der Waals surface area contributed by atoms with E-state index in [0.717, 1.165) is 18.9 Å². The first kappa shape index (κ1) is 24.6. The van der Waals surface area contributed by atoms with Crippen molar-refractivity contribution in [1.82, 2.24) is 19.4 Å². The van der Waals surface area contributed by atoms with Crippen LogP contribution in [0.25, 0.3) is 0 Å². The largest absolute Gasteiger partial charge is 0.438 e. The first-order valence-electron chi connectivity index (χ1n) is 10.9. The Balaban J connectivity index is 2.05. The molecule has 3 rings (SSSR count). The van der Waals surface area contributed by atoms with E-state index < -0.39 is 14.9 Å². The first-order chi connectivity index (χ1) is 15.6. The van der Waals surface area contributed by atoms with E-state index in [4.69, 9.17) is 4.74 Å². The van der Waals surface area contributed by atoms with Crippen molar-refractivity contribution >= 4 is 21.6 Å². The highest BCUT2D eigenvalue weighted by Gasteiger charge is 2.29.